The highest BCUT2D eigenvalue weighted by atomic mass is 79.9. The fourth-order valence-corrected chi connectivity index (χ4v) is 3.28. The van der Waals surface area contributed by atoms with Gasteiger partial charge in [0.2, 0.25) is 0 Å². The monoisotopic (exact) mass is 490 g/mol. The lowest BCUT2D eigenvalue weighted by Gasteiger charge is -2.14. The van der Waals surface area contributed by atoms with Gasteiger partial charge >= 0.3 is 0 Å². The van der Waals surface area contributed by atoms with Crippen molar-refractivity contribution in [1.82, 2.24) is 0 Å². The number of nitriles is 1. The summed E-state index contributed by atoms with van der Waals surface area (Å²) in [5.74, 6) is 0.491. The first-order valence-electron chi connectivity index (χ1n) is 9.96. The quantitative estimate of drug-likeness (QED) is 0.316. The molecule has 0 saturated carbocycles. The van der Waals surface area contributed by atoms with Crippen molar-refractivity contribution in [3.8, 4) is 17.6 Å². The van der Waals surface area contributed by atoms with Gasteiger partial charge in [0.25, 0.3) is 5.91 Å². The third-order valence-electron chi connectivity index (χ3n) is 4.96. The Kier molecular flexibility index (Phi) is 7.69. The van der Waals surface area contributed by atoms with Gasteiger partial charge in [-0.2, -0.15) is 5.26 Å². The molecule has 0 aliphatic carbocycles. The number of amides is 1. The van der Waals surface area contributed by atoms with Crippen molar-refractivity contribution in [2.45, 2.75) is 20.5 Å². The summed E-state index contributed by atoms with van der Waals surface area (Å²) in [4.78, 5) is 12.7. The maximum absolute atomic E-state index is 12.7. The number of methoxy groups -OCH3 is 1. The largest absolute Gasteiger partial charge is 0.493 e. The van der Waals surface area contributed by atoms with E-state index in [9.17, 15) is 10.1 Å². The molecule has 162 valence electrons. The molecule has 1 amide bonds. The molecule has 3 aromatic carbocycles. The lowest BCUT2D eigenvalue weighted by Crippen LogP contribution is -2.13. The number of rotatable bonds is 7. The first kappa shape index (κ1) is 23.1. The van der Waals surface area contributed by atoms with Gasteiger partial charge in [-0.05, 0) is 66.9 Å². The van der Waals surface area contributed by atoms with Crippen molar-refractivity contribution in [1.29, 1.82) is 5.26 Å². The zero-order chi connectivity index (χ0) is 23.1. The molecular weight excluding hydrogens is 468 g/mol. The van der Waals surface area contributed by atoms with Gasteiger partial charge in [0, 0.05) is 15.7 Å². The number of hydrogen-bond donors (Lipinski definition) is 1. The fraction of sp³-hybridized carbons (Fsp3) is 0.154. The lowest BCUT2D eigenvalue weighted by molar-refractivity contribution is -0.112. The maximum Gasteiger partial charge on any atom is 0.266 e. The molecule has 0 bridgehead atoms. The van der Waals surface area contributed by atoms with Crippen LogP contribution in [0.5, 0.6) is 11.5 Å². The topological polar surface area (TPSA) is 71.3 Å². The molecule has 0 heterocycles. The van der Waals surface area contributed by atoms with E-state index in [1.807, 2.05) is 62.4 Å². The first-order chi connectivity index (χ1) is 15.4. The van der Waals surface area contributed by atoms with Crippen molar-refractivity contribution in [2.24, 2.45) is 0 Å². The van der Waals surface area contributed by atoms with Crippen LogP contribution in [0.15, 0.2) is 70.7 Å². The summed E-state index contributed by atoms with van der Waals surface area (Å²) in [7, 11) is 1.55. The van der Waals surface area contributed by atoms with Crippen LogP contribution in [0.4, 0.5) is 5.69 Å². The number of aryl methyl sites for hydroxylation is 2. The van der Waals surface area contributed by atoms with E-state index in [2.05, 4.69) is 21.2 Å². The van der Waals surface area contributed by atoms with Gasteiger partial charge in [-0.3, -0.25) is 4.79 Å². The van der Waals surface area contributed by atoms with Gasteiger partial charge in [0.05, 0.1) is 7.11 Å². The second kappa shape index (κ2) is 10.7. The molecule has 3 rings (SSSR count). The summed E-state index contributed by atoms with van der Waals surface area (Å²) >= 11 is 3.42. The average Bonchev–Trinajstić information content (AvgIpc) is 2.79. The standard InChI is InChI=1S/C26H23BrN2O3/c1-17-7-12-23(13-18(17)2)29-26(30)21(15-28)14-20-5-4-6-24(31-3)25(20)32-16-19-8-10-22(27)11-9-19/h4-14H,16H2,1-3H3,(H,29,30). The summed E-state index contributed by atoms with van der Waals surface area (Å²) < 4.78 is 12.5. The van der Waals surface area contributed by atoms with Crippen molar-refractivity contribution in [3.05, 3.63) is 93.0 Å². The van der Waals surface area contributed by atoms with E-state index in [0.717, 1.165) is 21.2 Å². The lowest BCUT2D eigenvalue weighted by atomic mass is 10.1. The van der Waals surface area contributed by atoms with Gasteiger partial charge in [0.1, 0.15) is 18.2 Å². The predicted molar refractivity (Wildman–Crippen MR) is 130 cm³/mol. The van der Waals surface area contributed by atoms with Gasteiger partial charge in [-0.1, -0.05) is 46.3 Å². The summed E-state index contributed by atoms with van der Waals surface area (Å²) in [6.45, 7) is 4.28. The van der Waals surface area contributed by atoms with Gasteiger partial charge in [0.15, 0.2) is 11.5 Å². The SMILES string of the molecule is COc1cccc(C=C(C#N)C(=O)Nc2ccc(C)c(C)c2)c1OCc1ccc(Br)cc1. The minimum atomic E-state index is -0.488. The normalized spacial score (nSPS) is 10.9. The third-order valence-corrected chi connectivity index (χ3v) is 5.48. The maximum atomic E-state index is 12.7. The van der Waals surface area contributed by atoms with Crippen LogP contribution in [-0.4, -0.2) is 13.0 Å². The van der Waals surface area contributed by atoms with Crippen LogP contribution in [0.2, 0.25) is 0 Å². The Bertz CT molecular complexity index is 1190. The molecule has 0 radical (unpaired) electrons. The van der Waals surface area contributed by atoms with Crippen LogP contribution in [-0.2, 0) is 11.4 Å². The summed E-state index contributed by atoms with van der Waals surface area (Å²) in [5, 5.41) is 12.4. The van der Waals surface area contributed by atoms with Crippen LogP contribution in [0.25, 0.3) is 6.08 Å². The highest BCUT2D eigenvalue weighted by molar-refractivity contribution is 9.10. The van der Waals surface area contributed by atoms with E-state index < -0.39 is 5.91 Å². The zero-order valence-electron chi connectivity index (χ0n) is 18.1. The Balaban J connectivity index is 1.87. The van der Waals surface area contributed by atoms with Crippen molar-refractivity contribution >= 4 is 33.6 Å². The van der Waals surface area contributed by atoms with Crippen LogP contribution >= 0.6 is 15.9 Å². The molecule has 6 heteroatoms. The van der Waals surface area contributed by atoms with Crippen molar-refractivity contribution in [3.63, 3.8) is 0 Å². The molecule has 0 spiro atoms. The van der Waals surface area contributed by atoms with E-state index in [1.54, 1.807) is 25.3 Å². The summed E-state index contributed by atoms with van der Waals surface area (Å²) in [6, 6.07) is 20.7. The molecule has 0 atom stereocenters. The van der Waals surface area contributed by atoms with Crippen LogP contribution in [0.3, 0.4) is 0 Å². The first-order valence-corrected chi connectivity index (χ1v) is 10.7. The highest BCUT2D eigenvalue weighted by Crippen LogP contribution is 2.33. The van der Waals surface area contributed by atoms with Crippen LogP contribution in [0.1, 0.15) is 22.3 Å². The molecular formula is C26H23BrN2O3. The zero-order valence-corrected chi connectivity index (χ0v) is 19.7. The molecule has 1 N–H and O–H groups in total. The number of carbonyl (C=O) groups excluding carboxylic acids is 1. The number of para-hydroxylation sites is 1. The molecule has 32 heavy (non-hydrogen) atoms. The molecule has 0 saturated heterocycles. The molecule has 0 fully saturated rings. The second-order valence-corrected chi connectivity index (χ2v) is 8.13. The minimum absolute atomic E-state index is 0.0371. The number of nitrogens with one attached hydrogen (secondary N) is 1. The Labute approximate surface area is 196 Å². The summed E-state index contributed by atoms with van der Waals surface area (Å²) in [5.41, 5.74) is 4.33. The van der Waals surface area contributed by atoms with Gasteiger partial charge in [-0.25, -0.2) is 0 Å². The Morgan fingerprint density at radius 3 is 2.50 bits per heavy atom. The predicted octanol–water partition coefficient (Wildman–Crippen LogP) is 6.20. The van der Waals surface area contributed by atoms with E-state index in [-0.39, 0.29) is 5.57 Å². The number of benzene rings is 3. The molecule has 3 aromatic rings. The van der Waals surface area contributed by atoms with E-state index in [1.165, 1.54) is 6.08 Å². The number of anilines is 1. The fourth-order valence-electron chi connectivity index (χ4n) is 3.02. The Morgan fingerprint density at radius 1 is 1.09 bits per heavy atom. The number of hydrogen-bond acceptors (Lipinski definition) is 4. The van der Waals surface area contributed by atoms with Crippen molar-refractivity contribution < 1.29 is 14.3 Å². The van der Waals surface area contributed by atoms with Crippen LogP contribution in [0, 0.1) is 25.2 Å². The third kappa shape index (κ3) is 5.77. The molecule has 0 unspecified atom stereocenters. The van der Waals surface area contributed by atoms with E-state index in [0.29, 0.717) is 29.4 Å². The highest BCUT2D eigenvalue weighted by Gasteiger charge is 2.15. The smallest absolute Gasteiger partial charge is 0.266 e. The molecule has 0 aromatic heterocycles. The minimum Gasteiger partial charge on any atom is -0.493 e. The Hall–Kier alpha value is -3.56. The van der Waals surface area contributed by atoms with E-state index in [4.69, 9.17) is 9.47 Å². The molecule has 0 aliphatic rings. The number of ether oxygens (including phenoxy) is 2. The number of carbonyl (C=O) groups is 1. The van der Waals surface area contributed by atoms with Crippen LogP contribution < -0.4 is 14.8 Å². The Morgan fingerprint density at radius 2 is 1.84 bits per heavy atom. The van der Waals surface area contributed by atoms with Gasteiger partial charge < -0.3 is 14.8 Å². The van der Waals surface area contributed by atoms with Crippen molar-refractivity contribution in [2.75, 3.05) is 12.4 Å². The van der Waals surface area contributed by atoms with Gasteiger partial charge in [-0.15, -0.1) is 0 Å². The second-order valence-electron chi connectivity index (χ2n) is 7.22. The average molecular weight is 491 g/mol. The van der Waals surface area contributed by atoms with E-state index >= 15 is 0 Å². The summed E-state index contributed by atoms with van der Waals surface area (Å²) in [6.07, 6.45) is 1.51. The molecule has 0 aliphatic heterocycles. The molecule has 5 nitrogen and oxygen atoms in total. The number of halogens is 1. The number of nitrogens with zero attached hydrogens (tertiary/aromatic N) is 1.